The molecular formula is C17H20FN5O2S. The molecule has 26 heavy (non-hydrogen) atoms. The van der Waals surface area contributed by atoms with Crippen LogP contribution >= 0.6 is 11.5 Å². The molecule has 9 heteroatoms. The predicted molar refractivity (Wildman–Crippen MR) is 96.7 cm³/mol. The number of aromatic nitrogens is 2. The van der Waals surface area contributed by atoms with Crippen molar-refractivity contribution in [1.29, 1.82) is 0 Å². The summed E-state index contributed by atoms with van der Waals surface area (Å²) in [5, 5.41) is 5.91. The number of nitrogens with two attached hydrogens (primary N) is 1. The average molecular weight is 377 g/mol. The zero-order valence-electron chi connectivity index (χ0n) is 14.5. The first kappa shape index (κ1) is 17.3. The first-order valence-electron chi connectivity index (χ1n) is 8.53. The standard InChI is InChI=1S/C17H20FN5O2S/c1-7-5-11(26-23-7)15-13-12(8(2)20-17(13)24)14(18)16(22-15)21-10-3-4-25-6-9(10)19/h5,8-10H,3-4,6,19H2,1-2H3,(H,20,24)(H,21,22). The predicted octanol–water partition coefficient (Wildman–Crippen LogP) is 1.99. The van der Waals surface area contributed by atoms with Crippen LogP contribution in [0.1, 0.15) is 41.0 Å². The van der Waals surface area contributed by atoms with Gasteiger partial charge in [-0.15, -0.1) is 0 Å². The number of aryl methyl sites for hydroxylation is 1. The van der Waals surface area contributed by atoms with Gasteiger partial charge in [0.25, 0.3) is 5.91 Å². The molecule has 2 aliphatic heterocycles. The Morgan fingerprint density at radius 3 is 3.00 bits per heavy atom. The molecule has 1 saturated heterocycles. The van der Waals surface area contributed by atoms with Gasteiger partial charge in [0.05, 0.1) is 34.5 Å². The fourth-order valence-electron chi connectivity index (χ4n) is 3.42. The molecule has 2 aromatic rings. The minimum Gasteiger partial charge on any atom is -0.380 e. The minimum atomic E-state index is -0.505. The van der Waals surface area contributed by atoms with Crippen LogP contribution in [-0.2, 0) is 4.74 Å². The van der Waals surface area contributed by atoms with Gasteiger partial charge in [-0.2, -0.15) is 4.37 Å². The van der Waals surface area contributed by atoms with Crippen molar-refractivity contribution in [3.63, 3.8) is 0 Å². The maximum atomic E-state index is 15.2. The van der Waals surface area contributed by atoms with Crippen LogP contribution in [0.4, 0.5) is 10.2 Å². The molecule has 0 saturated carbocycles. The largest absolute Gasteiger partial charge is 0.380 e. The molecule has 0 aromatic carbocycles. The lowest BCUT2D eigenvalue weighted by molar-refractivity contribution is 0.0751. The summed E-state index contributed by atoms with van der Waals surface area (Å²) in [5.74, 6) is -0.695. The van der Waals surface area contributed by atoms with Gasteiger partial charge in [0.2, 0.25) is 0 Å². The monoisotopic (exact) mass is 377 g/mol. The molecule has 2 aromatic heterocycles. The number of carbonyl (C=O) groups is 1. The third-order valence-corrected chi connectivity index (χ3v) is 5.65. The summed E-state index contributed by atoms with van der Waals surface area (Å²) in [5.41, 5.74) is 8.00. The second-order valence-corrected chi connectivity index (χ2v) is 7.52. The number of ether oxygens (including phenoxy) is 1. The maximum absolute atomic E-state index is 15.2. The number of hydrogen-bond acceptors (Lipinski definition) is 7. The maximum Gasteiger partial charge on any atom is 0.254 e. The number of nitrogens with zero attached hydrogens (tertiary/aromatic N) is 2. The SMILES string of the molecule is Cc1cc(-c2nc(NC3CCOCC3N)c(F)c3c2C(=O)NC3C)sn1. The van der Waals surface area contributed by atoms with E-state index in [0.717, 1.165) is 10.6 Å². The highest BCUT2D eigenvalue weighted by Crippen LogP contribution is 2.38. The van der Waals surface area contributed by atoms with Crippen LogP contribution in [0.5, 0.6) is 0 Å². The molecule has 0 bridgehead atoms. The van der Waals surface area contributed by atoms with Crippen molar-refractivity contribution in [3.05, 3.63) is 28.7 Å². The van der Waals surface area contributed by atoms with Crippen LogP contribution in [0.3, 0.4) is 0 Å². The quantitative estimate of drug-likeness (QED) is 0.756. The van der Waals surface area contributed by atoms with Gasteiger partial charge in [-0.3, -0.25) is 4.79 Å². The molecule has 4 rings (SSSR count). The Kier molecular flexibility index (Phi) is 4.37. The highest BCUT2D eigenvalue weighted by Gasteiger charge is 2.36. The second kappa shape index (κ2) is 6.57. The smallest absolute Gasteiger partial charge is 0.254 e. The molecule has 4 heterocycles. The van der Waals surface area contributed by atoms with Crippen LogP contribution in [0, 0.1) is 12.7 Å². The Morgan fingerprint density at radius 1 is 1.50 bits per heavy atom. The van der Waals surface area contributed by atoms with Crippen LogP contribution < -0.4 is 16.4 Å². The van der Waals surface area contributed by atoms with Crippen molar-refractivity contribution in [2.45, 2.75) is 38.4 Å². The number of rotatable bonds is 3. The number of anilines is 1. The van der Waals surface area contributed by atoms with E-state index in [2.05, 4.69) is 20.0 Å². The summed E-state index contributed by atoms with van der Waals surface area (Å²) >= 11 is 1.25. The lowest BCUT2D eigenvalue weighted by Crippen LogP contribution is -2.48. The molecule has 3 atom stereocenters. The number of halogens is 1. The normalized spacial score (nSPS) is 25.1. The van der Waals surface area contributed by atoms with E-state index in [1.165, 1.54) is 11.5 Å². The number of amides is 1. The van der Waals surface area contributed by atoms with Gasteiger partial charge in [-0.05, 0) is 37.9 Å². The van der Waals surface area contributed by atoms with E-state index in [9.17, 15) is 4.79 Å². The third-order valence-electron chi connectivity index (χ3n) is 4.77. The van der Waals surface area contributed by atoms with Gasteiger partial charge < -0.3 is 21.1 Å². The van der Waals surface area contributed by atoms with E-state index >= 15 is 4.39 Å². The Hall–Kier alpha value is -2.10. The summed E-state index contributed by atoms with van der Waals surface area (Å²) in [6.45, 7) is 4.61. The summed E-state index contributed by atoms with van der Waals surface area (Å²) in [7, 11) is 0. The summed E-state index contributed by atoms with van der Waals surface area (Å²) in [4.78, 5) is 17.6. The van der Waals surface area contributed by atoms with Crippen LogP contribution in [0.25, 0.3) is 10.6 Å². The molecule has 138 valence electrons. The zero-order chi connectivity index (χ0) is 18.4. The van der Waals surface area contributed by atoms with Gasteiger partial charge in [0.1, 0.15) is 0 Å². The molecular weight excluding hydrogens is 357 g/mol. The van der Waals surface area contributed by atoms with E-state index in [1.807, 2.05) is 13.0 Å². The van der Waals surface area contributed by atoms with E-state index in [4.69, 9.17) is 10.5 Å². The van der Waals surface area contributed by atoms with Crippen molar-refractivity contribution in [3.8, 4) is 10.6 Å². The number of nitrogens with one attached hydrogen (secondary N) is 2. The van der Waals surface area contributed by atoms with Crippen molar-refractivity contribution < 1.29 is 13.9 Å². The first-order chi connectivity index (χ1) is 12.5. The van der Waals surface area contributed by atoms with Crippen molar-refractivity contribution in [2.24, 2.45) is 5.73 Å². The summed E-state index contributed by atoms with van der Waals surface area (Å²) in [6.07, 6.45) is 0.668. The summed E-state index contributed by atoms with van der Waals surface area (Å²) in [6, 6.07) is 1.05. The zero-order valence-corrected chi connectivity index (χ0v) is 15.3. The second-order valence-electron chi connectivity index (χ2n) is 6.72. The van der Waals surface area contributed by atoms with Gasteiger partial charge >= 0.3 is 0 Å². The van der Waals surface area contributed by atoms with Crippen LogP contribution in [0.2, 0.25) is 0 Å². The fraction of sp³-hybridized carbons (Fsp3) is 0.471. The molecule has 7 nitrogen and oxygen atoms in total. The van der Waals surface area contributed by atoms with Gasteiger partial charge in [0.15, 0.2) is 11.6 Å². The lowest BCUT2D eigenvalue weighted by atomic mass is 10.0. The third kappa shape index (κ3) is 2.85. The molecule has 4 N–H and O–H groups in total. The number of hydrogen-bond donors (Lipinski definition) is 3. The molecule has 1 amide bonds. The topological polar surface area (TPSA) is 102 Å². The highest BCUT2D eigenvalue weighted by atomic mass is 32.1. The molecule has 0 radical (unpaired) electrons. The molecule has 0 aliphatic carbocycles. The summed E-state index contributed by atoms with van der Waals surface area (Å²) < 4.78 is 24.8. The molecule has 2 aliphatic rings. The van der Waals surface area contributed by atoms with Crippen LogP contribution in [-0.4, -0.2) is 40.6 Å². The van der Waals surface area contributed by atoms with Gasteiger partial charge in [-0.1, -0.05) is 0 Å². The van der Waals surface area contributed by atoms with E-state index in [-0.39, 0.29) is 23.8 Å². The Labute approximate surface area is 154 Å². The van der Waals surface area contributed by atoms with Crippen molar-refractivity contribution in [1.82, 2.24) is 14.7 Å². The molecule has 1 fully saturated rings. The number of carbonyl (C=O) groups excluding carboxylic acids is 1. The van der Waals surface area contributed by atoms with Crippen molar-refractivity contribution >= 4 is 23.3 Å². The van der Waals surface area contributed by atoms with Crippen LogP contribution in [0.15, 0.2) is 6.07 Å². The Morgan fingerprint density at radius 2 is 2.31 bits per heavy atom. The van der Waals surface area contributed by atoms with Gasteiger partial charge in [-0.25, -0.2) is 9.37 Å². The van der Waals surface area contributed by atoms with E-state index in [1.54, 1.807) is 6.92 Å². The first-order valence-corrected chi connectivity index (χ1v) is 9.31. The number of pyridine rings is 1. The average Bonchev–Trinajstić information content (AvgIpc) is 3.16. The lowest BCUT2D eigenvalue weighted by Gasteiger charge is -2.30. The highest BCUT2D eigenvalue weighted by molar-refractivity contribution is 7.09. The number of fused-ring (bicyclic) bond motifs is 1. The van der Waals surface area contributed by atoms with E-state index < -0.39 is 11.9 Å². The molecule has 0 spiro atoms. The minimum absolute atomic E-state index is 0.121. The van der Waals surface area contributed by atoms with Crippen molar-refractivity contribution in [2.75, 3.05) is 18.5 Å². The Bertz CT molecular complexity index is 871. The Balaban J connectivity index is 1.82. The van der Waals surface area contributed by atoms with E-state index in [0.29, 0.717) is 36.5 Å². The molecule has 3 unspecified atom stereocenters. The van der Waals surface area contributed by atoms with Gasteiger partial charge in [0, 0.05) is 24.3 Å². The fourth-order valence-corrected chi connectivity index (χ4v) is 4.18.